The molecule has 0 nitrogen and oxygen atoms in total. The van der Waals surface area contributed by atoms with Crippen LogP contribution in [0, 0.1) is 0 Å². The third-order valence-corrected chi connectivity index (χ3v) is 5.86. The molecule has 0 atom stereocenters. The summed E-state index contributed by atoms with van der Waals surface area (Å²) in [5.41, 5.74) is 1.66. The molecule has 0 saturated carbocycles. The Kier molecular flexibility index (Phi) is 8.13. The second-order valence-electron chi connectivity index (χ2n) is 4.83. The molecule has 1 heteroatoms. The molecule has 0 unspecified atom stereocenters. The standard InChI is InChI=1S/C17H26Se/c1-4-6-11-15(3)17(14-7-5-2)18-16-12-9-8-10-13-16/h8-10,12-13H,4-7,11,14H2,1-3H3/b17-15+. The van der Waals surface area contributed by atoms with Crippen molar-refractivity contribution in [2.75, 3.05) is 0 Å². The summed E-state index contributed by atoms with van der Waals surface area (Å²) in [5.74, 6) is 0. The van der Waals surface area contributed by atoms with Crippen LogP contribution in [0.3, 0.4) is 0 Å². The van der Waals surface area contributed by atoms with E-state index in [0.29, 0.717) is 15.0 Å². The van der Waals surface area contributed by atoms with Crippen LogP contribution in [0.4, 0.5) is 0 Å². The number of unbranched alkanes of at least 4 members (excludes halogenated alkanes) is 2. The van der Waals surface area contributed by atoms with Crippen molar-refractivity contribution in [3.8, 4) is 0 Å². The summed E-state index contributed by atoms with van der Waals surface area (Å²) in [7, 11) is 0. The predicted octanol–water partition coefficient (Wildman–Crippen LogP) is 4.67. The molecule has 18 heavy (non-hydrogen) atoms. The summed E-state index contributed by atoms with van der Waals surface area (Å²) < 4.78 is 3.26. The van der Waals surface area contributed by atoms with Crippen LogP contribution in [0.25, 0.3) is 0 Å². The van der Waals surface area contributed by atoms with Crippen molar-refractivity contribution in [1.82, 2.24) is 0 Å². The van der Waals surface area contributed by atoms with Crippen LogP contribution in [0.2, 0.25) is 0 Å². The molecule has 0 spiro atoms. The molecule has 0 fully saturated rings. The van der Waals surface area contributed by atoms with Crippen molar-refractivity contribution in [3.05, 3.63) is 40.4 Å². The molecule has 0 aliphatic heterocycles. The Labute approximate surface area is 119 Å². The monoisotopic (exact) mass is 310 g/mol. The Morgan fingerprint density at radius 2 is 1.56 bits per heavy atom. The van der Waals surface area contributed by atoms with Crippen molar-refractivity contribution in [2.24, 2.45) is 0 Å². The fourth-order valence-electron chi connectivity index (χ4n) is 1.90. The zero-order valence-corrected chi connectivity index (χ0v) is 13.8. The Morgan fingerprint density at radius 3 is 2.17 bits per heavy atom. The van der Waals surface area contributed by atoms with Gasteiger partial charge in [-0.1, -0.05) is 0 Å². The fourth-order valence-corrected chi connectivity index (χ4v) is 4.21. The normalized spacial score (nSPS) is 12.4. The van der Waals surface area contributed by atoms with E-state index in [0.717, 1.165) is 0 Å². The first-order valence-electron chi connectivity index (χ1n) is 7.19. The van der Waals surface area contributed by atoms with E-state index in [1.54, 1.807) is 10.0 Å². The van der Waals surface area contributed by atoms with Gasteiger partial charge in [-0.05, 0) is 0 Å². The number of benzene rings is 1. The zero-order chi connectivity index (χ0) is 13.2. The average molecular weight is 309 g/mol. The van der Waals surface area contributed by atoms with Crippen LogP contribution >= 0.6 is 0 Å². The third-order valence-electron chi connectivity index (χ3n) is 3.12. The van der Waals surface area contributed by atoms with E-state index in [2.05, 4.69) is 51.1 Å². The van der Waals surface area contributed by atoms with Crippen molar-refractivity contribution >= 4 is 19.4 Å². The summed E-state index contributed by atoms with van der Waals surface area (Å²) in [6.07, 6.45) is 7.89. The van der Waals surface area contributed by atoms with Gasteiger partial charge in [0.1, 0.15) is 0 Å². The first-order chi connectivity index (χ1) is 8.77. The van der Waals surface area contributed by atoms with E-state index in [-0.39, 0.29) is 0 Å². The molecular weight excluding hydrogens is 283 g/mol. The SMILES string of the molecule is CCCC/C(C)=C(\CCCC)[Se]c1ccccc1. The molecule has 1 rings (SSSR count). The van der Waals surface area contributed by atoms with Crippen LogP contribution in [0.5, 0.6) is 0 Å². The van der Waals surface area contributed by atoms with Crippen LogP contribution in [0.1, 0.15) is 59.3 Å². The van der Waals surface area contributed by atoms with Gasteiger partial charge in [-0.2, -0.15) is 0 Å². The molecule has 100 valence electrons. The maximum atomic E-state index is 2.35. The molecule has 0 aliphatic rings. The van der Waals surface area contributed by atoms with Crippen LogP contribution in [-0.4, -0.2) is 15.0 Å². The Bertz CT molecular complexity index is 351. The third kappa shape index (κ3) is 5.89. The van der Waals surface area contributed by atoms with E-state index in [4.69, 9.17) is 0 Å². The van der Waals surface area contributed by atoms with E-state index in [1.807, 2.05) is 0 Å². The van der Waals surface area contributed by atoms with E-state index >= 15 is 0 Å². The molecular formula is C17H26Se. The van der Waals surface area contributed by atoms with Crippen LogP contribution in [0.15, 0.2) is 40.4 Å². The quantitative estimate of drug-likeness (QED) is 0.612. The number of rotatable bonds is 8. The Morgan fingerprint density at radius 1 is 0.944 bits per heavy atom. The van der Waals surface area contributed by atoms with Gasteiger partial charge in [-0.25, -0.2) is 0 Å². The maximum absolute atomic E-state index is 2.35. The van der Waals surface area contributed by atoms with Gasteiger partial charge in [0, 0.05) is 0 Å². The molecule has 0 N–H and O–H groups in total. The van der Waals surface area contributed by atoms with Gasteiger partial charge < -0.3 is 0 Å². The van der Waals surface area contributed by atoms with Gasteiger partial charge in [0.25, 0.3) is 0 Å². The molecule has 0 bridgehead atoms. The minimum atomic E-state index is 0.536. The Balaban J connectivity index is 2.71. The molecule has 0 radical (unpaired) electrons. The van der Waals surface area contributed by atoms with E-state index in [1.165, 1.54) is 43.0 Å². The van der Waals surface area contributed by atoms with Gasteiger partial charge in [0.2, 0.25) is 0 Å². The molecule has 0 heterocycles. The first-order valence-corrected chi connectivity index (χ1v) is 8.90. The summed E-state index contributed by atoms with van der Waals surface area (Å²) in [6, 6.07) is 11.0. The number of hydrogen-bond donors (Lipinski definition) is 0. The fraction of sp³-hybridized carbons (Fsp3) is 0.529. The summed E-state index contributed by atoms with van der Waals surface area (Å²) in [4.78, 5) is 0. The summed E-state index contributed by atoms with van der Waals surface area (Å²) in [6.45, 7) is 6.92. The summed E-state index contributed by atoms with van der Waals surface area (Å²) >= 11 is 0.536. The van der Waals surface area contributed by atoms with Gasteiger partial charge in [-0.15, -0.1) is 0 Å². The predicted molar refractivity (Wildman–Crippen MR) is 83.6 cm³/mol. The molecule has 0 aliphatic carbocycles. The van der Waals surface area contributed by atoms with Crippen LogP contribution in [-0.2, 0) is 0 Å². The van der Waals surface area contributed by atoms with Gasteiger partial charge in [0.15, 0.2) is 0 Å². The van der Waals surface area contributed by atoms with Crippen molar-refractivity contribution in [2.45, 2.75) is 59.3 Å². The van der Waals surface area contributed by atoms with Crippen LogP contribution < -0.4 is 4.46 Å². The van der Waals surface area contributed by atoms with Crippen molar-refractivity contribution < 1.29 is 0 Å². The van der Waals surface area contributed by atoms with Crippen molar-refractivity contribution in [1.29, 1.82) is 0 Å². The molecule has 0 aromatic heterocycles. The van der Waals surface area contributed by atoms with E-state index in [9.17, 15) is 0 Å². The van der Waals surface area contributed by atoms with Crippen molar-refractivity contribution in [3.63, 3.8) is 0 Å². The number of hydrogen-bond acceptors (Lipinski definition) is 0. The first kappa shape index (κ1) is 15.5. The summed E-state index contributed by atoms with van der Waals surface area (Å²) in [5, 5.41) is 0. The molecule has 0 amide bonds. The average Bonchev–Trinajstić information content (AvgIpc) is 2.42. The minimum absolute atomic E-state index is 0.536. The van der Waals surface area contributed by atoms with E-state index < -0.39 is 0 Å². The van der Waals surface area contributed by atoms with Gasteiger partial charge in [-0.3, -0.25) is 0 Å². The Hall–Kier alpha value is -0.521. The number of allylic oxidation sites excluding steroid dienone is 2. The van der Waals surface area contributed by atoms with Gasteiger partial charge >= 0.3 is 119 Å². The molecule has 1 aromatic carbocycles. The molecule has 1 aromatic rings. The second kappa shape index (κ2) is 9.41. The second-order valence-corrected chi connectivity index (χ2v) is 7.28. The zero-order valence-electron chi connectivity index (χ0n) is 12.0. The topological polar surface area (TPSA) is 0 Å². The molecule has 0 saturated heterocycles. The van der Waals surface area contributed by atoms with Gasteiger partial charge in [0.05, 0.1) is 0 Å².